The summed E-state index contributed by atoms with van der Waals surface area (Å²) in [6, 6.07) is -0.307. The number of aliphatic carboxylic acids is 1. The van der Waals surface area contributed by atoms with Crippen LogP contribution in [0.5, 0.6) is 0 Å². The molecule has 0 spiro atoms. The van der Waals surface area contributed by atoms with Gasteiger partial charge in [0.05, 0.1) is 11.5 Å². The first-order chi connectivity index (χ1) is 8.97. The van der Waals surface area contributed by atoms with Gasteiger partial charge >= 0.3 is 5.97 Å². The van der Waals surface area contributed by atoms with Crippen molar-refractivity contribution in [1.82, 2.24) is 5.32 Å². The Kier molecular flexibility index (Phi) is 4.10. The minimum atomic E-state index is -0.860. The fourth-order valence-corrected chi connectivity index (χ4v) is 2.99. The zero-order valence-electron chi connectivity index (χ0n) is 11.2. The van der Waals surface area contributed by atoms with Crippen molar-refractivity contribution in [3.63, 3.8) is 0 Å². The van der Waals surface area contributed by atoms with E-state index in [1.807, 2.05) is 0 Å². The second-order valence-electron chi connectivity index (χ2n) is 5.74. The lowest BCUT2D eigenvalue weighted by Gasteiger charge is -2.28. The smallest absolute Gasteiger partial charge is 0.311 e. The lowest BCUT2D eigenvalue weighted by atomic mass is 9.85. The molecule has 4 atom stereocenters. The van der Waals surface area contributed by atoms with E-state index in [0.717, 1.165) is 12.8 Å². The van der Waals surface area contributed by atoms with Gasteiger partial charge in [0, 0.05) is 12.6 Å². The number of carboxylic acid groups (broad SMARTS) is 1. The van der Waals surface area contributed by atoms with E-state index < -0.39 is 17.5 Å². The predicted molar refractivity (Wildman–Crippen MR) is 68.5 cm³/mol. The van der Waals surface area contributed by atoms with Crippen LogP contribution in [0.3, 0.4) is 0 Å². The summed E-state index contributed by atoms with van der Waals surface area (Å²) in [5.74, 6) is -1.04. The molecule has 1 heterocycles. The number of nitrogens with one attached hydrogen (secondary N) is 1. The summed E-state index contributed by atoms with van der Waals surface area (Å²) < 4.78 is 5.53. The molecule has 1 amide bonds. The first kappa shape index (κ1) is 14.3. The summed E-state index contributed by atoms with van der Waals surface area (Å²) in [6.45, 7) is 2.12. The Balaban J connectivity index is 1.94. The molecule has 19 heavy (non-hydrogen) atoms. The number of ether oxygens (including phenoxy) is 1. The summed E-state index contributed by atoms with van der Waals surface area (Å²) >= 11 is 0. The van der Waals surface area contributed by atoms with Crippen molar-refractivity contribution in [2.75, 3.05) is 6.54 Å². The number of carbonyl (C=O) groups excluding carboxylic acids is 1. The van der Waals surface area contributed by atoms with Crippen LogP contribution in [0, 0.1) is 5.41 Å². The highest BCUT2D eigenvalue weighted by molar-refractivity contribution is 5.83. The normalized spacial score (nSPS) is 38.3. The van der Waals surface area contributed by atoms with Gasteiger partial charge < -0.3 is 20.9 Å². The molecule has 1 saturated heterocycles. The van der Waals surface area contributed by atoms with Gasteiger partial charge in [0.1, 0.15) is 6.10 Å². The molecule has 1 aliphatic heterocycles. The van der Waals surface area contributed by atoms with Gasteiger partial charge in [-0.2, -0.15) is 0 Å². The fourth-order valence-electron chi connectivity index (χ4n) is 2.99. The summed E-state index contributed by atoms with van der Waals surface area (Å²) in [5, 5.41) is 12.2. The van der Waals surface area contributed by atoms with Crippen LogP contribution in [-0.4, -0.2) is 41.8 Å². The molecule has 6 nitrogen and oxygen atoms in total. The minimum absolute atomic E-state index is 0.0508. The summed E-state index contributed by atoms with van der Waals surface area (Å²) in [5.41, 5.74) is 4.65. The van der Waals surface area contributed by atoms with Crippen molar-refractivity contribution < 1.29 is 19.4 Å². The third-order valence-corrected chi connectivity index (χ3v) is 4.43. The average Bonchev–Trinajstić information content (AvgIpc) is 2.97. The van der Waals surface area contributed by atoms with Crippen LogP contribution >= 0.6 is 0 Å². The molecule has 2 fully saturated rings. The Morgan fingerprint density at radius 3 is 2.74 bits per heavy atom. The molecule has 2 aliphatic rings. The van der Waals surface area contributed by atoms with Crippen LogP contribution in [0.2, 0.25) is 0 Å². The van der Waals surface area contributed by atoms with Gasteiger partial charge in [-0.1, -0.05) is 6.42 Å². The van der Waals surface area contributed by atoms with E-state index in [2.05, 4.69) is 5.32 Å². The van der Waals surface area contributed by atoms with Gasteiger partial charge in [0.15, 0.2) is 0 Å². The van der Waals surface area contributed by atoms with Gasteiger partial charge in [-0.25, -0.2) is 0 Å². The predicted octanol–water partition coefficient (Wildman–Crippen LogP) is 0.252. The molecule has 6 heteroatoms. The van der Waals surface area contributed by atoms with Crippen LogP contribution in [0.1, 0.15) is 39.0 Å². The van der Waals surface area contributed by atoms with Crippen LogP contribution < -0.4 is 11.1 Å². The van der Waals surface area contributed by atoms with E-state index in [9.17, 15) is 14.7 Å². The Labute approximate surface area is 112 Å². The Hall–Kier alpha value is -1.14. The lowest BCUT2D eigenvalue weighted by molar-refractivity contribution is -0.149. The number of hydrogen-bond acceptors (Lipinski definition) is 4. The molecular weight excluding hydrogens is 248 g/mol. The summed E-state index contributed by atoms with van der Waals surface area (Å²) in [4.78, 5) is 23.4. The maximum atomic E-state index is 12.1. The molecule has 4 unspecified atom stereocenters. The largest absolute Gasteiger partial charge is 0.481 e. The highest BCUT2D eigenvalue weighted by Crippen LogP contribution is 2.38. The van der Waals surface area contributed by atoms with Crippen molar-refractivity contribution in [1.29, 1.82) is 0 Å². The van der Waals surface area contributed by atoms with Gasteiger partial charge in [0.25, 0.3) is 0 Å². The maximum Gasteiger partial charge on any atom is 0.311 e. The molecule has 0 aromatic carbocycles. The van der Waals surface area contributed by atoms with E-state index in [-0.39, 0.29) is 18.1 Å². The van der Waals surface area contributed by atoms with E-state index in [0.29, 0.717) is 25.8 Å². The van der Waals surface area contributed by atoms with Crippen molar-refractivity contribution in [2.45, 2.75) is 57.3 Å². The molecular formula is C13H22N2O4. The first-order valence-corrected chi connectivity index (χ1v) is 6.86. The lowest BCUT2D eigenvalue weighted by Crippen LogP contribution is -2.50. The fraction of sp³-hybridized carbons (Fsp3) is 0.846. The van der Waals surface area contributed by atoms with Crippen LogP contribution in [0.4, 0.5) is 0 Å². The Bertz CT molecular complexity index is 374. The number of rotatable bonds is 4. The molecule has 1 saturated carbocycles. The molecule has 0 bridgehead atoms. The van der Waals surface area contributed by atoms with Gasteiger partial charge in [-0.05, 0) is 32.6 Å². The van der Waals surface area contributed by atoms with Gasteiger partial charge in [-0.15, -0.1) is 0 Å². The standard InChI is InChI=1S/C13H22N2O4/c1-13(12(17)18)6-2-3-10(13)15-11(16)9-5-4-8(7-14)19-9/h8-10H,2-7,14H2,1H3,(H,15,16)(H,17,18). The quantitative estimate of drug-likeness (QED) is 0.680. The summed E-state index contributed by atoms with van der Waals surface area (Å²) in [7, 11) is 0. The number of hydrogen-bond donors (Lipinski definition) is 3. The van der Waals surface area contributed by atoms with E-state index in [1.165, 1.54) is 0 Å². The third-order valence-electron chi connectivity index (χ3n) is 4.43. The zero-order valence-corrected chi connectivity index (χ0v) is 11.2. The third kappa shape index (κ3) is 2.74. The Morgan fingerprint density at radius 1 is 1.42 bits per heavy atom. The van der Waals surface area contributed by atoms with E-state index >= 15 is 0 Å². The van der Waals surface area contributed by atoms with Crippen molar-refractivity contribution in [2.24, 2.45) is 11.1 Å². The zero-order chi connectivity index (χ0) is 14.0. The molecule has 4 N–H and O–H groups in total. The molecule has 0 aromatic heterocycles. The number of carbonyl (C=O) groups is 2. The highest BCUT2D eigenvalue weighted by atomic mass is 16.5. The molecule has 0 aromatic rings. The van der Waals surface area contributed by atoms with Crippen LogP contribution in [0.25, 0.3) is 0 Å². The molecule has 2 rings (SSSR count). The average molecular weight is 270 g/mol. The number of amides is 1. The van der Waals surface area contributed by atoms with Crippen molar-refractivity contribution >= 4 is 11.9 Å². The minimum Gasteiger partial charge on any atom is -0.481 e. The SMILES string of the molecule is CC1(C(=O)O)CCCC1NC(=O)C1CCC(CN)O1. The summed E-state index contributed by atoms with van der Waals surface area (Å²) in [6.07, 6.45) is 3.05. The van der Waals surface area contributed by atoms with Crippen LogP contribution in [-0.2, 0) is 14.3 Å². The van der Waals surface area contributed by atoms with Crippen molar-refractivity contribution in [3.8, 4) is 0 Å². The second kappa shape index (κ2) is 5.46. The van der Waals surface area contributed by atoms with Crippen molar-refractivity contribution in [3.05, 3.63) is 0 Å². The topological polar surface area (TPSA) is 102 Å². The Morgan fingerprint density at radius 2 is 2.16 bits per heavy atom. The maximum absolute atomic E-state index is 12.1. The highest BCUT2D eigenvalue weighted by Gasteiger charge is 2.46. The van der Waals surface area contributed by atoms with Gasteiger partial charge in [0.2, 0.25) is 5.91 Å². The van der Waals surface area contributed by atoms with E-state index in [4.69, 9.17) is 10.5 Å². The van der Waals surface area contributed by atoms with Gasteiger partial charge in [-0.3, -0.25) is 9.59 Å². The first-order valence-electron chi connectivity index (χ1n) is 6.86. The second-order valence-corrected chi connectivity index (χ2v) is 5.74. The molecule has 108 valence electrons. The van der Waals surface area contributed by atoms with E-state index in [1.54, 1.807) is 6.92 Å². The number of carboxylic acids is 1. The monoisotopic (exact) mass is 270 g/mol. The van der Waals surface area contributed by atoms with Crippen LogP contribution in [0.15, 0.2) is 0 Å². The number of nitrogens with two attached hydrogens (primary N) is 1. The molecule has 0 radical (unpaired) electrons. The molecule has 1 aliphatic carbocycles.